The number of rotatable bonds is 6. The zero-order valence-corrected chi connectivity index (χ0v) is 15.4. The van der Waals surface area contributed by atoms with Crippen LogP contribution in [0, 0.1) is 11.6 Å². The summed E-state index contributed by atoms with van der Waals surface area (Å²) in [5, 5.41) is 2.53. The molecular weight excluding hydrogens is 413 g/mol. The first kappa shape index (κ1) is 21.3. The standard InChI is InChI=1S/C17H13ClF5NO2S/c1-26-16(25)11-4-10(19)3-2-9(11)7-24-14-6-15(12(18)5-13(14)20)27-8-17(21,22)23/h2-6,24H,7-8H2,1H3. The van der Waals surface area contributed by atoms with Gasteiger partial charge in [-0.3, -0.25) is 0 Å². The van der Waals surface area contributed by atoms with Crippen molar-refractivity contribution in [1.29, 1.82) is 0 Å². The van der Waals surface area contributed by atoms with E-state index in [-0.39, 0.29) is 27.7 Å². The number of thioether (sulfide) groups is 1. The maximum atomic E-state index is 14.1. The zero-order valence-electron chi connectivity index (χ0n) is 13.8. The summed E-state index contributed by atoms with van der Waals surface area (Å²) in [6.07, 6.45) is -4.40. The first-order valence-electron chi connectivity index (χ1n) is 7.40. The number of ether oxygens (including phenoxy) is 1. The fourth-order valence-corrected chi connectivity index (χ4v) is 3.16. The third-order valence-corrected chi connectivity index (χ3v) is 4.90. The number of anilines is 1. The first-order valence-corrected chi connectivity index (χ1v) is 8.76. The minimum atomic E-state index is -4.40. The Labute approximate surface area is 160 Å². The summed E-state index contributed by atoms with van der Waals surface area (Å²) >= 11 is 6.22. The monoisotopic (exact) mass is 425 g/mol. The van der Waals surface area contributed by atoms with Crippen molar-refractivity contribution in [2.75, 3.05) is 18.2 Å². The quantitative estimate of drug-likeness (QED) is 0.367. The first-order chi connectivity index (χ1) is 12.6. The number of nitrogens with one attached hydrogen (secondary N) is 1. The van der Waals surface area contributed by atoms with Crippen LogP contribution in [0.3, 0.4) is 0 Å². The van der Waals surface area contributed by atoms with Gasteiger partial charge in [0.1, 0.15) is 11.6 Å². The molecule has 0 radical (unpaired) electrons. The Morgan fingerprint density at radius 1 is 1.22 bits per heavy atom. The lowest BCUT2D eigenvalue weighted by molar-refractivity contribution is -0.105. The zero-order chi connectivity index (χ0) is 20.2. The highest BCUT2D eigenvalue weighted by Gasteiger charge is 2.28. The van der Waals surface area contributed by atoms with Gasteiger partial charge >= 0.3 is 12.1 Å². The van der Waals surface area contributed by atoms with Crippen LogP contribution in [-0.2, 0) is 11.3 Å². The molecule has 0 amide bonds. The van der Waals surface area contributed by atoms with Crippen molar-refractivity contribution in [1.82, 2.24) is 0 Å². The van der Waals surface area contributed by atoms with Crippen LogP contribution in [0.1, 0.15) is 15.9 Å². The van der Waals surface area contributed by atoms with Crippen molar-refractivity contribution in [3.63, 3.8) is 0 Å². The molecule has 0 aliphatic rings. The summed E-state index contributed by atoms with van der Waals surface area (Å²) < 4.78 is 69.1. The Kier molecular flexibility index (Phi) is 6.94. The molecule has 2 rings (SSSR count). The molecule has 0 spiro atoms. The molecule has 10 heteroatoms. The molecule has 146 valence electrons. The predicted octanol–water partition coefficient (Wildman–Crippen LogP) is 5.67. The number of hydrogen-bond donors (Lipinski definition) is 1. The Morgan fingerprint density at radius 3 is 2.56 bits per heavy atom. The van der Waals surface area contributed by atoms with Gasteiger partial charge in [0, 0.05) is 11.4 Å². The lowest BCUT2D eigenvalue weighted by Gasteiger charge is -2.14. The topological polar surface area (TPSA) is 38.3 Å². The molecule has 1 N–H and O–H groups in total. The van der Waals surface area contributed by atoms with Gasteiger partial charge in [0.05, 0.1) is 29.1 Å². The number of benzene rings is 2. The molecule has 0 unspecified atom stereocenters. The van der Waals surface area contributed by atoms with Gasteiger partial charge in [0.2, 0.25) is 0 Å². The van der Waals surface area contributed by atoms with Crippen molar-refractivity contribution >= 4 is 35.0 Å². The minimum absolute atomic E-state index is 0.0465. The van der Waals surface area contributed by atoms with Crippen LogP contribution in [0.25, 0.3) is 0 Å². The molecular formula is C17H13ClF5NO2S. The molecule has 0 bridgehead atoms. The van der Waals surface area contributed by atoms with Crippen LogP contribution in [0.15, 0.2) is 35.2 Å². The fourth-order valence-electron chi connectivity index (χ4n) is 2.13. The Balaban J connectivity index is 2.22. The Bertz CT molecular complexity index is 845. The highest BCUT2D eigenvalue weighted by atomic mass is 35.5. The van der Waals surface area contributed by atoms with Crippen LogP contribution >= 0.6 is 23.4 Å². The third kappa shape index (κ3) is 6.00. The van der Waals surface area contributed by atoms with E-state index in [0.717, 1.165) is 31.4 Å². The molecule has 0 saturated heterocycles. The summed E-state index contributed by atoms with van der Waals surface area (Å²) in [7, 11) is 1.13. The molecule has 3 nitrogen and oxygen atoms in total. The molecule has 0 aromatic heterocycles. The Hall–Kier alpha value is -2.00. The molecule has 0 fully saturated rings. The molecule has 0 atom stereocenters. The second-order valence-corrected chi connectivity index (χ2v) is 6.74. The van der Waals surface area contributed by atoms with Crippen molar-refractivity contribution in [2.24, 2.45) is 0 Å². The van der Waals surface area contributed by atoms with Gasteiger partial charge in [-0.25, -0.2) is 13.6 Å². The maximum Gasteiger partial charge on any atom is 0.398 e. The van der Waals surface area contributed by atoms with E-state index in [1.54, 1.807) is 0 Å². The van der Waals surface area contributed by atoms with Crippen LogP contribution in [0.4, 0.5) is 27.6 Å². The molecule has 0 aliphatic heterocycles. The van der Waals surface area contributed by atoms with E-state index in [1.165, 1.54) is 6.07 Å². The number of esters is 1. The summed E-state index contributed by atoms with van der Waals surface area (Å²) in [5.41, 5.74) is 0.164. The van der Waals surface area contributed by atoms with Gasteiger partial charge in [0.25, 0.3) is 0 Å². The van der Waals surface area contributed by atoms with E-state index < -0.39 is 29.5 Å². The summed E-state index contributed by atoms with van der Waals surface area (Å²) in [5.74, 6) is -3.38. The van der Waals surface area contributed by atoms with Gasteiger partial charge in [0.15, 0.2) is 0 Å². The number of carbonyl (C=O) groups excluding carboxylic acids is 1. The molecule has 2 aromatic rings. The van der Waals surface area contributed by atoms with Crippen molar-refractivity contribution < 1.29 is 31.5 Å². The highest BCUT2D eigenvalue weighted by molar-refractivity contribution is 7.99. The van der Waals surface area contributed by atoms with E-state index >= 15 is 0 Å². The fraction of sp³-hybridized carbons (Fsp3) is 0.235. The van der Waals surface area contributed by atoms with Gasteiger partial charge < -0.3 is 10.1 Å². The van der Waals surface area contributed by atoms with Crippen molar-refractivity contribution in [2.45, 2.75) is 17.6 Å². The number of alkyl halides is 3. The lowest BCUT2D eigenvalue weighted by Crippen LogP contribution is -2.11. The predicted molar refractivity (Wildman–Crippen MR) is 93.3 cm³/mol. The molecule has 0 aliphatic carbocycles. The van der Waals surface area contributed by atoms with E-state index in [9.17, 15) is 26.7 Å². The Morgan fingerprint density at radius 2 is 1.93 bits per heavy atom. The van der Waals surface area contributed by atoms with E-state index in [1.807, 2.05) is 0 Å². The third-order valence-electron chi connectivity index (χ3n) is 3.36. The second-order valence-electron chi connectivity index (χ2n) is 5.31. The smallest absolute Gasteiger partial charge is 0.398 e. The molecule has 27 heavy (non-hydrogen) atoms. The second kappa shape index (κ2) is 8.79. The van der Waals surface area contributed by atoms with Gasteiger partial charge in [-0.2, -0.15) is 13.2 Å². The average Bonchev–Trinajstić information content (AvgIpc) is 2.59. The lowest BCUT2D eigenvalue weighted by atomic mass is 10.1. The van der Waals surface area contributed by atoms with E-state index in [0.29, 0.717) is 17.3 Å². The van der Waals surface area contributed by atoms with Crippen LogP contribution in [-0.4, -0.2) is 25.0 Å². The summed E-state index contributed by atoms with van der Waals surface area (Å²) in [6.45, 7) is -0.0906. The van der Waals surface area contributed by atoms with Gasteiger partial charge in [-0.15, -0.1) is 11.8 Å². The van der Waals surface area contributed by atoms with E-state index in [2.05, 4.69) is 10.1 Å². The molecule has 0 heterocycles. The van der Waals surface area contributed by atoms with E-state index in [4.69, 9.17) is 11.6 Å². The van der Waals surface area contributed by atoms with Gasteiger partial charge in [-0.1, -0.05) is 17.7 Å². The van der Waals surface area contributed by atoms with Crippen molar-refractivity contribution in [3.8, 4) is 0 Å². The largest absolute Gasteiger partial charge is 0.465 e. The summed E-state index contributed by atoms with van der Waals surface area (Å²) in [6, 6.07) is 5.46. The minimum Gasteiger partial charge on any atom is -0.465 e. The number of halogens is 6. The SMILES string of the molecule is COC(=O)c1cc(F)ccc1CNc1cc(SCC(F)(F)F)c(Cl)cc1F. The van der Waals surface area contributed by atoms with Crippen LogP contribution in [0.5, 0.6) is 0 Å². The van der Waals surface area contributed by atoms with Crippen LogP contribution < -0.4 is 5.32 Å². The normalized spacial score (nSPS) is 11.4. The summed E-state index contributed by atoms with van der Waals surface area (Å²) in [4.78, 5) is 11.8. The maximum absolute atomic E-state index is 14.1. The number of carbonyl (C=O) groups is 1. The number of methoxy groups -OCH3 is 1. The van der Waals surface area contributed by atoms with Crippen LogP contribution in [0.2, 0.25) is 5.02 Å². The molecule has 0 saturated carbocycles. The van der Waals surface area contributed by atoms with Gasteiger partial charge in [-0.05, 0) is 29.8 Å². The highest BCUT2D eigenvalue weighted by Crippen LogP contribution is 2.35. The van der Waals surface area contributed by atoms with Crippen molar-refractivity contribution in [3.05, 3.63) is 58.1 Å². The molecule has 2 aromatic carbocycles. The average molecular weight is 426 g/mol. The number of hydrogen-bond acceptors (Lipinski definition) is 4.